The number of aromatic amines is 1. The summed E-state index contributed by atoms with van der Waals surface area (Å²) in [5, 5.41) is 2.82. The van der Waals surface area contributed by atoms with E-state index in [0.29, 0.717) is 25.4 Å². The monoisotopic (exact) mass is 374 g/mol. The van der Waals surface area contributed by atoms with Crippen molar-refractivity contribution in [2.45, 2.75) is 65.8 Å². The summed E-state index contributed by atoms with van der Waals surface area (Å²) in [5.74, 6) is 0.692. The molecule has 2 N–H and O–H groups in total. The topological polar surface area (TPSA) is 97.0 Å². The predicted molar refractivity (Wildman–Crippen MR) is 104 cm³/mol. The van der Waals surface area contributed by atoms with Gasteiger partial charge in [-0.25, -0.2) is 9.78 Å². The van der Waals surface area contributed by atoms with Crippen molar-refractivity contribution in [2.75, 3.05) is 6.61 Å². The molecule has 0 saturated heterocycles. The van der Waals surface area contributed by atoms with Crippen molar-refractivity contribution in [2.24, 2.45) is 5.92 Å². The zero-order valence-corrected chi connectivity index (χ0v) is 16.7. The van der Waals surface area contributed by atoms with Crippen LogP contribution in [0.15, 0.2) is 12.3 Å². The van der Waals surface area contributed by atoms with Gasteiger partial charge < -0.3 is 15.0 Å². The first-order valence-electron chi connectivity index (χ1n) is 9.66. The number of aryl methyl sites for hydroxylation is 2. The molecule has 0 saturated carbocycles. The summed E-state index contributed by atoms with van der Waals surface area (Å²) in [6.07, 6.45) is 5.06. The molecule has 1 amide bonds. The largest absolute Gasteiger partial charge is 0.464 e. The maximum absolute atomic E-state index is 12.2. The maximum atomic E-state index is 12.2. The number of hydrogen-bond donors (Lipinski definition) is 2. The Kier molecular flexibility index (Phi) is 7.76. The second kappa shape index (κ2) is 10.0. The molecule has 0 aliphatic carbocycles. The molecule has 2 heterocycles. The molecule has 2 rings (SSSR count). The highest BCUT2D eigenvalue weighted by atomic mass is 16.5. The smallest absolute Gasteiger partial charge is 0.328 e. The summed E-state index contributed by atoms with van der Waals surface area (Å²) < 4.78 is 5.06. The van der Waals surface area contributed by atoms with Crippen LogP contribution in [-0.2, 0) is 20.7 Å². The van der Waals surface area contributed by atoms with Crippen molar-refractivity contribution in [3.8, 4) is 0 Å². The summed E-state index contributed by atoms with van der Waals surface area (Å²) in [6, 6.07) is 1.34. The van der Waals surface area contributed by atoms with E-state index in [2.05, 4.69) is 20.3 Å². The van der Waals surface area contributed by atoms with Crippen LogP contribution in [0.2, 0.25) is 0 Å². The lowest BCUT2D eigenvalue weighted by Crippen LogP contribution is -2.42. The Bertz CT molecular complexity index is 770. The number of hydrogen-bond acceptors (Lipinski definition) is 5. The highest BCUT2D eigenvalue weighted by Gasteiger charge is 2.22. The molecule has 0 radical (unpaired) electrons. The molecule has 2 aromatic heterocycles. The van der Waals surface area contributed by atoms with Gasteiger partial charge in [-0.2, -0.15) is 0 Å². The highest BCUT2D eigenvalue weighted by Crippen LogP contribution is 2.16. The molecule has 0 spiro atoms. The number of carbonyl (C=O) groups excluding carboxylic acids is 2. The van der Waals surface area contributed by atoms with E-state index >= 15 is 0 Å². The second-order valence-corrected chi connectivity index (χ2v) is 7.18. The van der Waals surface area contributed by atoms with Gasteiger partial charge in [0.25, 0.3) is 0 Å². The number of unbranched alkanes of at least 4 members (excludes halogenated alkanes) is 1. The summed E-state index contributed by atoms with van der Waals surface area (Å²) in [5.41, 5.74) is 2.83. The third-order valence-corrected chi connectivity index (χ3v) is 4.28. The summed E-state index contributed by atoms with van der Waals surface area (Å²) in [7, 11) is 0. The number of nitrogens with zero attached hydrogens (tertiary/aromatic N) is 2. The van der Waals surface area contributed by atoms with E-state index in [9.17, 15) is 9.59 Å². The molecule has 7 heteroatoms. The Morgan fingerprint density at radius 3 is 2.78 bits per heavy atom. The van der Waals surface area contributed by atoms with Crippen LogP contribution < -0.4 is 5.32 Å². The average molecular weight is 374 g/mol. The Hall–Kier alpha value is -2.44. The number of imidazole rings is 1. The van der Waals surface area contributed by atoms with Gasteiger partial charge in [0.15, 0.2) is 0 Å². The lowest BCUT2D eigenvalue weighted by Gasteiger charge is -2.19. The lowest BCUT2D eigenvalue weighted by molar-refractivity contribution is -0.147. The zero-order chi connectivity index (χ0) is 19.8. The normalized spacial score (nSPS) is 12.3. The van der Waals surface area contributed by atoms with Crippen LogP contribution in [0.1, 0.15) is 58.0 Å². The van der Waals surface area contributed by atoms with Crippen molar-refractivity contribution >= 4 is 22.9 Å². The van der Waals surface area contributed by atoms with E-state index in [1.165, 1.54) is 0 Å². The number of ether oxygens (including phenoxy) is 1. The molecule has 0 aliphatic heterocycles. The standard InChI is InChI=1S/C20H30N4O3/c1-5-27-20(26)17(12-13(2)3)24-18(25)9-7-6-8-15-19-16(10-11-21-15)22-14(4)23-19/h10-11,13,17H,5-9,12H2,1-4H3,(H,22,23)(H,24,25)/t17-/m0/s1. The fourth-order valence-electron chi connectivity index (χ4n) is 3.07. The summed E-state index contributed by atoms with van der Waals surface area (Å²) in [6.45, 7) is 8.03. The molecule has 7 nitrogen and oxygen atoms in total. The summed E-state index contributed by atoms with van der Waals surface area (Å²) in [4.78, 5) is 36.3. The number of esters is 1. The number of aromatic nitrogens is 3. The van der Waals surface area contributed by atoms with Gasteiger partial charge in [-0.15, -0.1) is 0 Å². The third kappa shape index (κ3) is 6.34. The molecule has 2 aromatic rings. The zero-order valence-electron chi connectivity index (χ0n) is 16.7. The van der Waals surface area contributed by atoms with Gasteiger partial charge in [0.2, 0.25) is 5.91 Å². The first kappa shape index (κ1) is 20.9. The predicted octanol–water partition coefficient (Wildman–Crippen LogP) is 3.07. The van der Waals surface area contributed by atoms with Crippen molar-refractivity contribution < 1.29 is 14.3 Å². The number of nitrogens with one attached hydrogen (secondary N) is 2. The molecule has 0 bridgehead atoms. The van der Waals surface area contributed by atoms with Crippen LogP contribution in [0.3, 0.4) is 0 Å². The first-order valence-corrected chi connectivity index (χ1v) is 9.66. The van der Waals surface area contributed by atoms with Gasteiger partial charge in [0.1, 0.15) is 17.4 Å². The maximum Gasteiger partial charge on any atom is 0.328 e. The molecule has 0 fully saturated rings. The molecule has 1 atom stereocenters. The van der Waals surface area contributed by atoms with Crippen LogP contribution in [-0.4, -0.2) is 39.5 Å². The first-order chi connectivity index (χ1) is 12.9. The number of carbonyl (C=O) groups is 2. The molecule has 0 aromatic carbocycles. The van der Waals surface area contributed by atoms with Crippen LogP contribution in [0.4, 0.5) is 0 Å². The van der Waals surface area contributed by atoms with Gasteiger partial charge in [-0.05, 0) is 51.5 Å². The molecular weight excluding hydrogens is 344 g/mol. The molecular formula is C20H30N4O3. The molecule has 148 valence electrons. The Balaban J connectivity index is 1.81. The van der Waals surface area contributed by atoms with Gasteiger partial charge in [-0.1, -0.05) is 13.8 Å². The number of fused-ring (bicyclic) bond motifs is 1. The van der Waals surface area contributed by atoms with Gasteiger partial charge >= 0.3 is 5.97 Å². The number of pyridine rings is 1. The molecule has 27 heavy (non-hydrogen) atoms. The minimum atomic E-state index is -0.570. The number of rotatable bonds is 10. The lowest BCUT2D eigenvalue weighted by atomic mass is 10.0. The van der Waals surface area contributed by atoms with Crippen LogP contribution in [0.5, 0.6) is 0 Å². The Morgan fingerprint density at radius 2 is 2.07 bits per heavy atom. The third-order valence-electron chi connectivity index (χ3n) is 4.28. The van der Waals surface area contributed by atoms with Gasteiger partial charge in [0, 0.05) is 12.6 Å². The van der Waals surface area contributed by atoms with Gasteiger partial charge in [-0.3, -0.25) is 9.78 Å². The van der Waals surface area contributed by atoms with E-state index in [4.69, 9.17) is 4.74 Å². The minimum absolute atomic E-state index is 0.115. The fraction of sp³-hybridized carbons (Fsp3) is 0.600. The molecule has 0 unspecified atom stereocenters. The van der Waals surface area contributed by atoms with Crippen LogP contribution in [0, 0.1) is 12.8 Å². The van der Waals surface area contributed by atoms with E-state index in [-0.39, 0.29) is 11.9 Å². The van der Waals surface area contributed by atoms with E-state index in [0.717, 1.165) is 41.8 Å². The Morgan fingerprint density at radius 1 is 1.30 bits per heavy atom. The molecule has 0 aliphatic rings. The number of H-pyrrole nitrogens is 1. The van der Waals surface area contributed by atoms with Gasteiger partial charge in [0.05, 0.1) is 17.8 Å². The SMILES string of the molecule is CCOC(=O)[C@H](CC(C)C)NC(=O)CCCCc1nccc2[nH]c(C)nc12. The van der Waals surface area contributed by atoms with Crippen LogP contribution >= 0.6 is 0 Å². The van der Waals surface area contributed by atoms with E-state index < -0.39 is 6.04 Å². The van der Waals surface area contributed by atoms with Crippen molar-refractivity contribution in [1.82, 2.24) is 20.3 Å². The van der Waals surface area contributed by atoms with E-state index in [1.54, 1.807) is 13.1 Å². The fourth-order valence-corrected chi connectivity index (χ4v) is 3.07. The van der Waals surface area contributed by atoms with Crippen LogP contribution in [0.25, 0.3) is 11.0 Å². The second-order valence-electron chi connectivity index (χ2n) is 7.18. The van der Waals surface area contributed by atoms with Crippen molar-refractivity contribution in [3.05, 3.63) is 23.8 Å². The Labute approximate surface area is 160 Å². The minimum Gasteiger partial charge on any atom is -0.464 e. The van der Waals surface area contributed by atoms with E-state index in [1.807, 2.05) is 26.8 Å². The van der Waals surface area contributed by atoms with Crippen molar-refractivity contribution in [3.63, 3.8) is 0 Å². The van der Waals surface area contributed by atoms with Crippen molar-refractivity contribution in [1.29, 1.82) is 0 Å². The summed E-state index contributed by atoms with van der Waals surface area (Å²) >= 11 is 0. The number of amides is 1. The highest BCUT2D eigenvalue weighted by molar-refractivity contribution is 5.84. The average Bonchev–Trinajstić information content (AvgIpc) is 2.99. The quantitative estimate of drug-likeness (QED) is 0.492.